The summed E-state index contributed by atoms with van der Waals surface area (Å²) >= 11 is 0. The summed E-state index contributed by atoms with van der Waals surface area (Å²) in [5.41, 5.74) is 14.4. The van der Waals surface area contributed by atoms with Gasteiger partial charge in [-0.3, -0.25) is 9.97 Å². The summed E-state index contributed by atoms with van der Waals surface area (Å²) in [5, 5.41) is 13.7. The predicted molar refractivity (Wildman–Crippen MR) is 253 cm³/mol. The number of rotatable bonds is 3. The molecule has 1 unspecified atom stereocenters. The monoisotopic (exact) mass is 763 g/mol. The van der Waals surface area contributed by atoms with Crippen molar-refractivity contribution in [2.24, 2.45) is 0 Å². The maximum Gasteiger partial charge on any atom is 0.0970 e. The summed E-state index contributed by atoms with van der Waals surface area (Å²) in [5.74, 6) is 0.231. The standard InChI is InChI=1S/C57H37N3/c1-2-18-42-41(17-1)51-31-35(24-26-43(51)44-27-25-36(32-52(42)44)50-33-38-14-10-28-58-55(38)57-49(50)23-11-29-59-57)34-12-9-13-37(30-34)54-48-22-8-6-20-46(48)53-45-19-5-3-15-39(45)40-16-4-7-21-47(40)56(53)60-54/h1-4,6-18,20-30,32-33,35H,5,19,31H2. The van der Waals surface area contributed by atoms with Crippen molar-refractivity contribution >= 4 is 88.0 Å². The molecule has 2 aliphatic rings. The maximum atomic E-state index is 5.62. The average molecular weight is 764 g/mol. The molecular weight excluding hydrogens is 727 g/mol. The molecule has 0 spiro atoms. The van der Waals surface area contributed by atoms with Gasteiger partial charge in [-0.15, -0.1) is 0 Å². The van der Waals surface area contributed by atoms with Gasteiger partial charge in [-0.05, 0) is 121 Å². The minimum atomic E-state index is 0.231. The molecule has 0 aliphatic heterocycles. The molecule has 0 bridgehead atoms. The molecule has 3 nitrogen and oxygen atoms in total. The minimum absolute atomic E-state index is 0.231. The number of hydrogen-bond donors (Lipinski definition) is 0. The second-order valence-corrected chi connectivity index (χ2v) is 16.5. The Morgan fingerprint density at radius 2 is 1.20 bits per heavy atom. The van der Waals surface area contributed by atoms with E-state index in [2.05, 4.69) is 158 Å². The third-order valence-corrected chi connectivity index (χ3v) is 13.3. The zero-order valence-electron chi connectivity index (χ0n) is 32.9. The van der Waals surface area contributed by atoms with Gasteiger partial charge in [0.25, 0.3) is 0 Å². The summed E-state index contributed by atoms with van der Waals surface area (Å²) in [6.07, 6.45) is 16.2. The molecule has 8 aromatic carbocycles. The molecule has 3 aromatic heterocycles. The molecule has 0 fully saturated rings. The van der Waals surface area contributed by atoms with Crippen molar-refractivity contribution in [3.63, 3.8) is 0 Å². The van der Waals surface area contributed by atoms with E-state index in [4.69, 9.17) is 15.0 Å². The molecule has 0 N–H and O–H groups in total. The lowest BCUT2D eigenvalue weighted by molar-refractivity contribution is 0.834. The van der Waals surface area contributed by atoms with E-state index >= 15 is 0 Å². The first-order valence-corrected chi connectivity index (χ1v) is 21.1. The number of nitrogens with zero attached hydrogens (tertiary/aromatic N) is 3. The SMILES string of the molecule is C1=Cc2c(c3c4ccccc4c(-c4cccc(C5C=Cc6c(c7ccccc7c7cc(-c8cc9cccnc9c9ncccc89)ccc67)C5)c4)nc3c3ccccc23)CC1. The highest BCUT2D eigenvalue weighted by Crippen LogP contribution is 2.45. The van der Waals surface area contributed by atoms with Gasteiger partial charge in [0.2, 0.25) is 0 Å². The van der Waals surface area contributed by atoms with Crippen LogP contribution in [0.2, 0.25) is 0 Å². The second kappa shape index (κ2) is 13.0. The molecule has 0 saturated heterocycles. The van der Waals surface area contributed by atoms with Crippen LogP contribution in [0.5, 0.6) is 0 Å². The van der Waals surface area contributed by atoms with Gasteiger partial charge in [-0.25, -0.2) is 4.98 Å². The van der Waals surface area contributed by atoms with E-state index in [0.717, 1.165) is 57.8 Å². The summed E-state index contributed by atoms with van der Waals surface area (Å²) in [7, 11) is 0. The second-order valence-electron chi connectivity index (χ2n) is 16.5. The Balaban J connectivity index is 0.943. The molecule has 3 heteroatoms. The van der Waals surface area contributed by atoms with Crippen molar-refractivity contribution in [1.29, 1.82) is 0 Å². The topological polar surface area (TPSA) is 38.7 Å². The molecule has 60 heavy (non-hydrogen) atoms. The van der Waals surface area contributed by atoms with E-state index in [9.17, 15) is 0 Å². The van der Waals surface area contributed by atoms with Crippen LogP contribution in [0.15, 0.2) is 170 Å². The van der Waals surface area contributed by atoms with Gasteiger partial charge >= 0.3 is 0 Å². The molecule has 3 heterocycles. The predicted octanol–water partition coefficient (Wildman–Crippen LogP) is 14.6. The zero-order valence-corrected chi connectivity index (χ0v) is 32.9. The fourth-order valence-electron chi connectivity index (χ4n) is 10.6. The molecule has 1 atom stereocenters. The third-order valence-electron chi connectivity index (χ3n) is 13.3. The molecule has 0 amide bonds. The normalized spacial score (nSPS) is 14.8. The number of pyridine rings is 3. The molecule has 0 saturated carbocycles. The maximum absolute atomic E-state index is 5.62. The van der Waals surface area contributed by atoms with Crippen LogP contribution in [0.3, 0.4) is 0 Å². The number of allylic oxidation sites excluding steroid dienone is 2. The van der Waals surface area contributed by atoms with Crippen molar-refractivity contribution in [3.05, 3.63) is 198 Å². The molecular formula is C57H37N3. The number of hydrogen-bond acceptors (Lipinski definition) is 3. The smallest absolute Gasteiger partial charge is 0.0970 e. The Hall–Kier alpha value is -7.49. The van der Waals surface area contributed by atoms with Crippen LogP contribution in [0.1, 0.15) is 40.2 Å². The van der Waals surface area contributed by atoms with E-state index < -0.39 is 0 Å². The van der Waals surface area contributed by atoms with Crippen LogP contribution >= 0.6 is 0 Å². The first kappa shape index (κ1) is 33.5. The third kappa shape index (κ3) is 4.93. The minimum Gasteiger partial charge on any atom is -0.254 e. The number of aromatic nitrogens is 3. The van der Waals surface area contributed by atoms with Crippen LogP contribution in [-0.4, -0.2) is 15.0 Å². The van der Waals surface area contributed by atoms with E-state index in [-0.39, 0.29) is 5.92 Å². The van der Waals surface area contributed by atoms with E-state index in [1.807, 2.05) is 24.5 Å². The molecule has 13 rings (SSSR count). The van der Waals surface area contributed by atoms with Crippen LogP contribution < -0.4 is 0 Å². The fraction of sp³-hybridized carbons (Fsp3) is 0.0702. The Bertz CT molecular complexity index is 3710. The number of fused-ring (bicyclic) bond motifs is 17. The quantitative estimate of drug-likeness (QED) is 0.168. The van der Waals surface area contributed by atoms with Gasteiger partial charge in [0.1, 0.15) is 0 Å². The van der Waals surface area contributed by atoms with Gasteiger partial charge in [-0.1, -0.05) is 140 Å². The Morgan fingerprint density at radius 3 is 2.10 bits per heavy atom. The van der Waals surface area contributed by atoms with Crippen molar-refractivity contribution in [2.45, 2.75) is 25.2 Å². The Kier molecular flexibility index (Phi) is 7.26. The van der Waals surface area contributed by atoms with Gasteiger partial charge in [0, 0.05) is 50.8 Å². The number of aryl methyl sites for hydroxylation is 1. The van der Waals surface area contributed by atoms with E-state index in [1.54, 1.807) is 0 Å². The van der Waals surface area contributed by atoms with E-state index in [1.165, 1.54) is 87.4 Å². The first-order valence-electron chi connectivity index (χ1n) is 21.1. The van der Waals surface area contributed by atoms with Crippen molar-refractivity contribution in [3.8, 4) is 22.4 Å². The van der Waals surface area contributed by atoms with Crippen LogP contribution in [0.25, 0.3) is 110 Å². The van der Waals surface area contributed by atoms with Crippen LogP contribution in [0.4, 0.5) is 0 Å². The summed E-state index contributed by atoms with van der Waals surface area (Å²) in [4.78, 5) is 15.1. The molecule has 11 aromatic rings. The molecule has 0 radical (unpaired) electrons. The van der Waals surface area contributed by atoms with Gasteiger partial charge in [0.15, 0.2) is 0 Å². The highest BCUT2D eigenvalue weighted by atomic mass is 14.7. The largest absolute Gasteiger partial charge is 0.254 e. The average Bonchev–Trinajstić information content (AvgIpc) is 3.33. The van der Waals surface area contributed by atoms with Crippen molar-refractivity contribution in [1.82, 2.24) is 15.0 Å². The van der Waals surface area contributed by atoms with Crippen molar-refractivity contribution in [2.75, 3.05) is 0 Å². The fourth-order valence-corrected chi connectivity index (χ4v) is 10.6. The van der Waals surface area contributed by atoms with Gasteiger partial charge in [-0.2, -0.15) is 0 Å². The molecule has 280 valence electrons. The lowest BCUT2D eigenvalue weighted by Gasteiger charge is -2.24. The lowest BCUT2D eigenvalue weighted by Crippen LogP contribution is -2.07. The van der Waals surface area contributed by atoms with Gasteiger partial charge < -0.3 is 0 Å². The zero-order chi connectivity index (χ0) is 39.3. The highest BCUT2D eigenvalue weighted by Gasteiger charge is 2.24. The van der Waals surface area contributed by atoms with Crippen LogP contribution in [-0.2, 0) is 12.8 Å². The summed E-state index contributed by atoms with van der Waals surface area (Å²) in [6, 6.07) is 53.5. The van der Waals surface area contributed by atoms with E-state index in [0.29, 0.717) is 0 Å². The van der Waals surface area contributed by atoms with Crippen LogP contribution in [0, 0.1) is 0 Å². The summed E-state index contributed by atoms with van der Waals surface area (Å²) < 4.78 is 0. The highest BCUT2D eigenvalue weighted by molar-refractivity contribution is 6.22. The Labute approximate surface area is 347 Å². The molecule has 2 aliphatic carbocycles. The first-order chi connectivity index (χ1) is 29.8. The number of benzene rings is 8. The van der Waals surface area contributed by atoms with Crippen molar-refractivity contribution < 1.29 is 0 Å². The lowest BCUT2D eigenvalue weighted by atomic mass is 9.79. The Morgan fingerprint density at radius 1 is 0.467 bits per heavy atom. The van der Waals surface area contributed by atoms with Gasteiger partial charge in [0.05, 0.1) is 22.2 Å². The summed E-state index contributed by atoms with van der Waals surface area (Å²) in [6.45, 7) is 0.